The van der Waals surface area contributed by atoms with Crippen molar-refractivity contribution in [2.75, 3.05) is 31.8 Å². The first-order valence-electron chi connectivity index (χ1n) is 14.9. The van der Waals surface area contributed by atoms with Crippen LogP contribution in [0.3, 0.4) is 0 Å². The third-order valence-electron chi connectivity index (χ3n) is 7.00. The number of methoxy groups -OCH3 is 1. The SMILES string of the molecule is C=CCOc1ccc(COc2ccc(COc3ccc(C(=O)OCC)cc3[N+](=O)[O-])cc2N(CC)Cc2ccccc2)cc1OC. The minimum atomic E-state index is -0.633. The number of benzene rings is 4. The smallest absolute Gasteiger partial charge is 0.338 e. The number of hydrogen-bond acceptors (Lipinski definition) is 9. The molecule has 0 spiro atoms. The predicted octanol–water partition coefficient (Wildman–Crippen LogP) is 7.53. The topological polar surface area (TPSA) is 110 Å². The summed E-state index contributed by atoms with van der Waals surface area (Å²) in [4.78, 5) is 25.5. The Labute approximate surface area is 268 Å². The van der Waals surface area contributed by atoms with Crippen molar-refractivity contribution in [2.24, 2.45) is 0 Å². The molecule has 0 fully saturated rings. The van der Waals surface area contributed by atoms with Gasteiger partial charge in [-0.1, -0.05) is 55.1 Å². The van der Waals surface area contributed by atoms with Gasteiger partial charge in [-0.3, -0.25) is 10.1 Å². The van der Waals surface area contributed by atoms with Crippen molar-refractivity contribution in [3.63, 3.8) is 0 Å². The lowest BCUT2D eigenvalue weighted by Gasteiger charge is -2.26. The molecule has 10 heteroatoms. The van der Waals surface area contributed by atoms with Crippen molar-refractivity contribution in [1.82, 2.24) is 0 Å². The monoisotopic (exact) mass is 626 g/mol. The standard InChI is InChI=1S/C36H38N2O8/c1-5-19-44-34-17-14-28(21-35(34)42-4)25-45-32-16-13-27(20-30(32)37(6-2)23-26-11-9-8-10-12-26)24-46-33-18-15-29(36(39)43-7-3)22-31(33)38(40)41/h5,8-18,20-22H,1,6-7,19,23-25H2,2-4H3. The molecule has 0 saturated heterocycles. The highest BCUT2D eigenvalue weighted by Gasteiger charge is 2.20. The number of anilines is 1. The van der Waals surface area contributed by atoms with Crippen LogP contribution in [0, 0.1) is 10.1 Å². The van der Waals surface area contributed by atoms with E-state index in [9.17, 15) is 14.9 Å². The molecule has 4 aromatic carbocycles. The van der Waals surface area contributed by atoms with Crippen LogP contribution >= 0.6 is 0 Å². The molecule has 4 rings (SSSR count). The molecule has 0 unspecified atom stereocenters. The van der Waals surface area contributed by atoms with E-state index in [0.717, 1.165) is 22.4 Å². The van der Waals surface area contributed by atoms with Gasteiger partial charge in [-0.2, -0.15) is 0 Å². The molecule has 0 aliphatic carbocycles. The van der Waals surface area contributed by atoms with E-state index in [-0.39, 0.29) is 36.8 Å². The molecular formula is C36H38N2O8. The first kappa shape index (κ1) is 33.4. The maximum atomic E-state index is 12.1. The zero-order valence-corrected chi connectivity index (χ0v) is 26.3. The van der Waals surface area contributed by atoms with E-state index in [2.05, 4.69) is 30.5 Å². The van der Waals surface area contributed by atoms with Crippen molar-refractivity contribution in [2.45, 2.75) is 33.6 Å². The molecule has 0 aromatic heterocycles. The fourth-order valence-electron chi connectivity index (χ4n) is 4.71. The fraction of sp³-hybridized carbons (Fsp3) is 0.250. The number of carbonyl (C=O) groups is 1. The summed E-state index contributed by atoms with van der Waals surface area (Å²) in [6.45, 7) is 9.62. The summed E-state index contributed by atoms with van der Waals surface area (Å²) in [6, 6.07) is 25.5. The molecule has 46 heavy (non-hydrogen) atoms. The average molecular weight is 627 g/mol. The van der Waals surface area contributed by atoms with Gasteiger partial charge < -0.3 is 28.6 Å². The molecule has 0 bridgehead atoms. The molecule has 0 heterocycles. The normalized spacial score (nSPS) is 10.5. The molecular weight excluding hydrogens is 588 g/mol. The van der Waals surface area contributed by atoms with Crippen LogP contribution in [-0.2, 0) is 24.5 Å². The lowest BCUT2D eigenvalue weighted by Crippen LogP contribution is -2.23. The highest BCUT2D eigenvalue weighted by Crippen LogP contribution is 2.34. The second-order valence-electron chi connectivity index (χ2n) is 10.1. The Balaban J connectivity index is 1.59. The number of rotatable bonds is 17. The highest BCUT2D eigenvalue weighted by atomic mass is 16.6. The summed E-state index contributed by atoms with van der Waals surface area (Å²) in [6.07, 6.45) is 1.67. The van der Waals surface area contributed by atoms with Gasteiger partial charge in [-0.15, -0.1) is 0 Å². The molecule has 0 radical (unpaired) electrons. The molecule has 0 atom stereocenters. The minimum Gasteiger partial charge on any atom is -0.493 e. The summed E-state index contributed by atoms with van der Waals surface area (Å²) >= 11 is 0. The summed E-state index contributed by atoms with van der Waals surface area (Å²) in [5.41, 5.74) is 3.42. The zero-order chi connectivity index (χ0) is 32.9. The third kappa shape index (κ3) is 8.78. The van der Waals surface area contributed by atoms with E-state index in [1.807, 2.05) is 54.6 Å². The largest absolute Gasteiger partial charge is 0.493 e. The van der Waals surface area contributed by atoms with E-state index in [1.165, 1.54) is 18.2 Å². The predicted molar refractivity (Wildman–Crippen MR) is 176 cm³/mol. The molecule has 240 valence electrons. The fourth-order valence-corrected chi connectivity index (χ4v) is 4.71. The molecule has 0 saturated carbocycles. The Bertz CT molecular complexity index is 1640. The lowest BCUT2D eigenvalue weighted by atomic mass is 10.1. The van der Waals surface area contributed by atoms with Crippen LogP contribution in [-0.4, -0.2) is 37.8 Å². The van der Waals surface area contributed by atoms with Crippen LogP contribution in [0.4, 0.5) is 11.4 Å². The van der Waals surface area contributed by atoms with Crippen molar-refractivity contribution in [1.29, 1.82) is 0 Å². The lowest BCUT2D eigenvalue weighted by molar-refractivity contribution is -0.386. The van der Waals surface area contributed by atoms with Crippen LogP contribution in [0.5, 0.6) is 23.0 Å². The molecule has 0 amide bonds. The maximum absolute atomic E-state index is 12.1. The first-order valence-corrected chi connectivity index (χ1v) is 14.9. The van der Waals surface area contributed by atoms with Crippen LogP contribution in [0.25, 0.3) is 0 Å². The van der Waals surface area contributed by atoms with E-state index in [0.29, 0.717) is 36.9 Å². The zero-order valence-electron chi connectivity index (χ0n) is 26.3. The highest BCUT2D eigenvalue weighted by molar-refractivity contribution is 5.90. The van der Waals surface area contributed by atoms with Gasteiger partial charge in [0.15, 0.2) is 17.2 Å². The number of esters is 1. The minimum absolute atomic E-state index is 0.0472. The molecule has 4 aromatic rings. The van der Waals surface area contributed by atoms with Gasteiger partial charge in [0.1, 0.15) is 25.6 Å². The van der Waals surface area contributed by atoms with Crippen LogP contribution in [0.1, 0.15) is 40.9 Å². The summed E-state index contributed by atoms with van der Waals surface area (Å²) in [7, 11) is 1.59. The van der Waals surface area contributed by atoms with Gasteiger partial charge in [0.2, 0.25) is 0 Å². The number of nitrogens with zero attached hydrogens (tertiary/aromatic N) is 2. The number of nitro benzene ring substituents is 1. The molecule has 0 aliphatic heterocycles. The van der Waals surface area contributed by atoms with Crippen molar-refractivity contribution < 1.29 is 33.4 Å². The third-order valence-corrected chi connectivity index (χ3v) is 7.00. The van der Waals surface area contributed by atoms with Gasteiger partial charge in [0.05, 0.1) is 29.9 Å². The van der Waals surface area contributed by atoms with Crippen LogP contribution < -0.4 is 23.8 Å². The first-order chi connectivity index (χ1) is 22.4. The van der Waals surface area contributed by atoms with E-state index in [1.54, 1.807) is 20.1 Å². The van der Waals surface area contributed by atoms with Gasteiger partial charge >= 0.3 is 11.7 Å². The Morgan fingerprint density at radius 2 is 1.50 bits per heavy atom. The molecule has 10 nitrogen and oxygen atoms in total. The van der Waals surface area contributed by atoms with Gasteiger partial charge in [-0.25, -0.2) is 4.79 Å². The van der Waals surface area contributed by atoms with Gasteiger partial charge in [0.25, 0.3) is 0 Å². The summed E-state index contributed by atoms with van der Waals surface area (Å²) in [5, 5.41) is 11.8. The Hall–Kier alpha value is -5.51. The number of nitro groups is 1. The van der Waals surface area contributed by atoms with Crippen molar-refractivity contribution >= 4 is 17.3 Å². The van der Waals surface area contributed by atoms with E-state index >= 15 is 0 Å². The number of ether oxygens (including phenoxy) is 5. The summed E-state index contributed by atoms with van der Waals surface area (Å²) in [5.74, 6) is 1.29. The maximum Gasteiger partial charge on any atom is 0.338 e. The van der Waals surface area contributed by atoms with Crippen molar-refractivity contribution in [3.8, 4) is 23.0 Å². The summed E-state index contributed by atoms with van der Waals surface area (Å²) < 4.78 is 28.4. The Morgan fingerprint density at radius 3 is 2.15 bits per heavy atom. The van der Waals surface area contributed by atoms with Gasteiger partial charge in [0, 0.05) is 19.2 Å². The Kier molecular flexibility index (Phi) is 12.0. The Morgan fingerprint density at radius 1 is 0.826 bits per heavy atom. The second kappa shape index (κ2) is 16.5. The van der Waals surface area contributed by atoms with Gasteiger partial charge in [-0.05, 0) is 66.9 Å². The second-order valence-corrected chi connectivity index (χ2v) is 10.1. The van der Waals surface area contributed by atoms with Crippen molar-refractivity contribution in [3.05, 3.63) is 130 Å². The molecule has 0 N–H and O–H groups in total. The van der Waals surface area contributed by atoms with Crippen LogP contribution in [0.2, 0.25) is 0 Å². The van der Waals surface area contributed by atoms with E-state index < -0.39 is 10.9 Å². The molecule has 0 aliphatic rings. The average Bonchev–Trinajstić information content (AvgIpc) is 3.08. The van der Waals surface area contributed by atoms with Crippen LogP contribution in [0.15, 0.2) is 97.6 Å². The van der Waals surface area contributed by atoms with E-state index in [4.69, 9.17) is 23.7 Å². The quantitative estimate of drug-likeness (QED) is 0.0508. The number of carbonyl (C=O) groups excluding carboxylic acids is 1. The number of hydrogen-bond donors (Lipinski definition) is 0.